The lowest BCUT2D eigenvalue weighted by molar-refractivity contribution is 0.102. The lowest BCUT2D eigenvalue weighted by Gasteiger charge is -2.07. The monoisotopic (exact) mass is 351 g/mol. The number of aromatic nitrogens is 2. The van der Waals surface area contributed by atoms with Crippen molar-refractivity contribution >= 4 is 23.1 Å². The van der Waals surface area contributed by atoms with Gasteiger partial charge < -0.3 is 10.6 Å². The van der Waals surface area contributed by atoms with Crippen LogP contribution in [0.1, 0.15) is 16.1 Å². The number of halogens is 2. The number of rotatable bonds is 4. The Morgan fingerprint density at radius 1 is 0.962 bits per heavy atom. The first-order chi connectivity index (χ1) is 12.5. The zero-order valence-electron chi connectivity index (χ0n) is 13.2. The van der Waals surface area contributed by atoms with Crippen molar-refractivity contribution in [2.45, 2.75) is 0 Å². The Hall–Kier alpha value is -3.86. The molecule has 1 heterocycles. The number of carbonyl (C=O) groups is 1. The van der Waals surface area contributed by atoms with E-state index in [4.69, 9.17) is 5.26 Å². The molecule has 0 aliphatic rings. The van der Waals surface area contributed by atoms with E-state index in [-0.39, 0.29) is 11.5 Å². The van der Waals surface area contributed by atoms with E-state index >= 15 is 0 Å². The molecule has 0 radical (unpaired) electrons. The Bertz CT molecular complexity index is 999. The van der Waals surface area contributed by atoms with Gasteiger partial charge in [0.05, 0.1) is 11.6 Å². The Labute approximate surface area is 147 Å². The Morgan fingerprint density at radius 3 is 2.50 bits per heavy atom. The molecule has 0 aliphatic carbocycles. The molecule has 0 saturated carbocycles. The van der Waals surface area contributed by atoms with E-state index in [9.17, 15) is 13.6 Å². The minimum Gasteiger partial charge on any atom is -0.339 e. The van der Waals surface area contributed by atoms with Crippen molar-refractivity contribution < 1.29 is 13.6 Å². The van der Waals surface area contributed by atoms with Crippen LogP contribution in [-0.2, 0) is 0 Å². The van der Waals surface area contributed by atoms with Crippen LogP contribution < -0.4 is 10.6 Å². The van der Waals surface area contributed by atoms with Crippen molar-refractivity contribution in [3.8, 4) is 6.07 Å². The number of hydrogen-bond donors (Lipinski definition) is 2. The van der Waals surface area contributed by atoms with E-state index in [0.717, 1.165) is 12.1 Å². The molecule has 0 atom stereocenters. The number of amides is 1. The molecule has 0 aliphatic heterocycles. The van der Waals surface area contributed by atoms with Crippen LogP contribution in [0, 0.1) is 23.0 Å². The van der Waals surface area contributed by atoms with Gasteiger partial charge >= 0.3 is 0 Å². The Balaban J connectivity index is 1.69. The van der Waals surface area contributed by atoms with Gasteiger partial charge in [0.25, 0.3) is 5.91 Å². The summed E-state index contributed by atoms with van der Waals surface area (Å²) in [6.45, 7) is 0. The van der Waals surface area contributed by atoms with E-state index in [0.29, 0.717) is 16.9 Å². The zero-order valence-corrected chi connectivity index (χ0v) is 13.2. The Kier molecular flexibility index (Phi) is 4.80. The van der Waals surface area contributed by atoms with Crippen molar-refractivity contribution in [1.29, 1.82) is 5.26 Å². The highest BCUT2D eigenvalue weighted by atomic mass is 19.2. The summed E-state index contributed by atoms with van der Waals surface area (Å²) in [6, 6.07) is 14.7. The molecule has 128 valence electrons. The van der Waals surface area contributed by atoms with E-state index in [1.165, 1.54) is 24.3 Å². The molecule has 2 N–H and O–H groups in total. The third kappa shape index (κ3) is 3.96. The van der Waals surface area contributed by atoms with E-state index < -0.39 is 17.5 Å². The first-order valence-electron chi connectivity index (χ1n) is 7.42. The van der Waals surface area contributed by atoms with Gasteiger partial charge in [0, 0.05) is 17.4 Å². The van der Waals surface area contributed by atoms with Gasteiger partial charge in [-0.2, -0.15) is 5.26 Å². The maximum Gasteiger partial charge on any atom is 0.276 e. The van der Waals surface area contributed by atoms with Crippen LogP contribution in [-0.4, -0.2) is 16.1 Å². The van der Waals surface area contributed by atoms with Crippen molar-refractivity contribution in [3.63, 3.8) is 0 Å². The van der Waals surface area contributed by atoms with Crippen LogP contribution in [0.3, 0.4) is 0 Å². The van der Waals surface area contributed by atoms with Gasteiger partial charge in [0.15, 0.2) is 23.1 Å². The summed E-state index contributed by atoms with van der Waals surface area (Å²) < 4.78 is 26.1. The van der Waals surface area contributed by atoms with Gasteiger partial charge in [-0.3, -0.25) is 4.79 Å². The molecule has 26 heavy (non-hydrogen) atoms. The van der Waals surface area contributed by atoms with Crippen molar-refractivity contribution in [3.05, 3.63) is 77.5 Å². The number of nitriles is 1. The summed E-state index contributed by atoms with van der Waals surface area (Å²) in [5.41, 5.74) is 1.23. The Morgan fingerprint density at radius 2 is 1.81 bits per heavy atom. The molecule has 8 heteroatoms. The molecule has 3 rings (SSSR count). The molecular formula is C18H11F2N5O. The predicted molar refractivity (Wildman–Crippen MR) is 90.8 cm³/mol. The normalized spacial score (nSPS) is 10.0. The molecule has 2 aromatic carbocycles. The number of benzene rings is 2. The number of nitrogens with one attached hydrogen (secondary N) is 2. The summed E-state index contributed by atoms with van der Waals surface area (Å²) in [5, 5.41) is 21.9. The topological polar surface area (TPSA) is 90.7 Å². The number of carbonyl (C=O) groups excluding carboxylic acids is 1. The summed E-state index contributed by atoms with van der Waals surface area (Å²) >= 11 is 0. The molecular weight excluding hydrogens is 340 g/mol. The second-order valence-electron chi connectivity index (χ2n) is 5.20. The van der Waals surface area contributed by atoms with Gasteiger partial charge in [-0.25, -0.2) is 8.78 Å². The first kappa shape index (κ1) is 17.0. The van der Waals surface area contributed by atoms with E-state index in [1.54, 1.807) is 18.2 Å². The maximum atomic E-state index is 13.2. The average molecular weight is 351 g/mol. The smallest absolute Gasteiger partial charge is 0.276 e. The van der Waals surface area contributed by atoms with Crippen LogP contribution in [0.2, 0.25) is 0 Å². The minimum absolute atomic E-state index is 0.0585. The molecule has 3 aromatic rings. The van der Waals surface area contributed by atoms with Crippen molar-refractivity contribution in [1.82, 2.24) is 10.2 Å². The van der Waals surface area contributed by atoms with Gasteiger partial charge in [-0.05, 0) is 42.5 Å². The molecule has 0 fully saturated rings. The first-order valence-corrected chi connectivity index (χ1v) is 7.42. The summed E-state index contributed by atoms with van der Waals surface area (Å²) in [6.07, 6.45) is 0. The highest BCUT2D eigenvalue weighted by Gasteiger charge is 2.10. The van der Waals surface area contributed by atoms with Gasteiger partial charge in [-0.1, -0.05) is 6.07 Å². The third-order valence-electron chi connectivity index (χ3n) is 3.34. The zero-order chi connectivity index (χ0) is 18.5. The molecule has 1 aromatic heterocycles. The molecule has 0 spiro atoms. The second kappa shape index (κ2) is 7.36. The quantitative estimate of drug-likeness (QED) is 0.749. The minimum atomic E-state index is -0.987. The number of nitrogens with zero attached hydrogens (tertiary/aromatic N) is 3. The van der Waals surface area contributed by atoms with Crippen LogP contribution in [0.5, 0.6) is 0 Å². The number of anilines is 3. The molecule has 0 bridgehead atoms. The van der Waals surface area contributed by atoms with Crippen LogP contribution in [0.15, 0.2) is 54.6 Å². The van der Waals surface area contributed by atoms with Crippen molar-refractivity contribution in [2.24, 2.45) is 0 Å². The van der Waals surface area contributed by atoms with Crippen LogP contribution in [0.25, 0.3) is 0 Å². The summed E-state index contributed by atoms with van der Waals surface area (Å²) in [4.78, 5) is 12.2. The van der Waals surface area contributed by atoms with Gasteiger partial charge in [0.1, 0.15) is 0 Å². The molecule has 0 unspecified atom stereocenters. The predicted octanol–water partition coefficient (Wildman–Crippen LogP) is 3.62. The summed E-state index contributed by atoms with van der Waals surface area (Å²) in [5.74, 6) is -2.17. The van der Waals surface area contributed by atoms with Crippen LogP contribution >= 0.6 is 0 Å². The highest BCUT2D eigenvalue weighted by Crippen LogP contribution is 2.17. The molecule has 1 amide bonds. The highest BCUT2D eigenvalue weighted by molar-refractivity contribution is 6.02. The van der Waals surface area contributed by atoms with E-state index in [2.05, 4.69) is 20.8 Å². The lowest BCUT2D eigenvalue weighted by atomic mass is 10.2. The third-order valence-corrected chi connectivity index (χ3v) is 3.34. The van der Waals surface area contributed by atoms with E-state index in [1.807, 2.05) is 6.07 Å². The van der Waals surface area contributed by atoms with Gasteiger partial charge in [0.2, 0.25) is 0 Å². The standard InChI is InChI=1S/C18H11F2N5O/c19-14-5-4-13(9-15(14)20)22-17-7-6-16(24-25-17)18(26)23-12-3-1-2-11(8-12)10-21/h1-9H,(H,22,25)(H,23,26). The van der Waals surface area contributed by atoms with Crippen molar-refractivity contribution in [2.75, 3.05) is 10.6 Å². The number of hydrogen-bond acceptors (Lipinski definition) is 5. The molecule has 0 saturated heterocycles. The lowest BCUT2D eigenvalue weighted by Crippen LogP contribution is -2.14. The fourth-order valence-electron chi connectivity index (χ4n) is 2.10. The SMILES string of the molecule is N#Cc1cccc(NC(=O)c2ccc(Nc3ccc(F)c(F)c3)nn2)c1. The van der Waals surface area contributed by atoms with Gasteiger partial charge in [-0.15, -0.1) is 10.2 Å². The fraction of sp³-hybridized carbons (Fsp3) is 0. The average Bonchev–Trinajstić information content (AvgIpc) is 2.65. The van der Waals surface area contributed by atoms with Crippen LogP contribution in [0.4, 0.5) is 26.0 Å². The molecule has 6 nitrogen and oxygen atoms in total. The maximum absolute atomic E-state index is 13.2. The fourth-order valence-corrected chi connectivity index (χ4v) is 2.10. The summed E-state index contributed by atoms with van der Waals surface area (Å²) in [7, 11) is 0. The second-order valence-corrected chi connectivity index (χ2v) is 5.20. The largest absolute Gasteiger partial charge is 0.339 e.